The van der Waals surface area contributed by atoms with Gasteiger partial charge in [-0.05, 0) is 24.6 Å². The minimum atomic E-state index is -2.81. The Morgan fingerprint density at radius 1 is 1.80 bits per heavy atom. The monoisotopic (exact) mass is 198 g/mol. The van der Waals surface area contributed by atoms with Gasteiger partial charge in [0.25, 0.3) is 0 Å². The molecular formula is C4H11N2OPS2. The van der Waals surface area contributed by atoms with Crippen molar-refractivity contribution in [3.8, 4) is 0 Å². The molecule has 0 bridgehead atoms. The van der Waals surface area contributed by atoms with Gasteiger partial charge in [-0.1, -0.05) is 19.1 Å². The molecule has 0 saturated heterocycles. The van der Waals surface area contributed by atoms with Crippen LogP contribution < -0.4 is 10.6 Å². The van der Waals surface area contributed by atoms with Crippen LogP contribution in [-0.4, -0.2) is 9.88 Å². The number of thiocarbonyl (C=S) groups is 1. The Morgan fingerprint density at radius 2 is 2.30 bits per heavy atom. The lowest BCUT2D eigenvalue weighted by Gasteiger charge is -2.11. The van der Waals surface area contributed by atoms with E-state index in [0.717, 1.165) is 12.8 Å². The quantitative estimate of drug-likeness (QED) is 0.464. The molecule has 0 aliphatic rings. The molecule has 0 fully saturated rings. The molecule has 0 rings (SSSR count). The lowest BCUT2D eigenvalue weighted by Crippen LogP contribution is -2.21. The predicted octanol–water partition coefficient (Wildman–Crippen LogP) is 0.879. The van der Waals surface area contributed by atoms with E-state index in [2.05, 4.69) is 16.9 Å². The third-order valence-electron chi connectivity index (χ3n) is 0.762. The summed E-state index contributed by atoms with van der Waals surface area (Å²) in [5.74, 6) is 0. The average molecular weight is 198 g/mol. The molecule has 0 radical (unpaired) electrons. The van der Waals surface area contributed by atoms with E-state index in [1.54, 1.807) is 0 Å². The van der Waals surface area contributed by atoms with Crippen LogP contribution >= 0.6 is 18.8 Å². The molecule has 0 aliphatic carbocycles. The number of nitrogens with two attached hydrogens (primary N) is 1. The van der Waals surface area contributed by atoms with E-state index in [1.165, 1.54) is 0 Å². The Morgan fingerprint density at radius 3 is 2.60 bits per heavy atom. The highest BCUT2D eigenvalue weighted by Gasteiger charge is 2.04. The van der Waals surface area contributed by atoms with Crippen LogP contribution in [0.15, 0.2) is 0 Å². The molecule has 3 nitrogen and oxygen atoms in total. The fraction of sp³-hybridized carbons (Fsp3) is 0.750. The molecule has 0 aromatic rings. The Bertz CT molecular complexity index is 167. The minimum absolute atomic E-state index is 0.552. The van der Waals surface area contributed by atoms with Crippen LogP contribution in [0.2, 0.25) is 0 Å². The standard InChI is InChI=1S/C4H11N2OPS2/c1-2-3-4(9)6-8(5,7)10/h2-3H2,1H3,(H4,5,6,7,9,10). The van der Waals surface area contributed by atoms with Crippen LogP contribution in [0.3, 0.4) is 0 Å². The largest absolute Gasteiger partial charge is 0.339 e. The van der Waals surface area contributed by atoms with E-state index in [9.17, 15) is 0 Å². The summed E-state index contributed by atoms with van der Waals surface area (Å²) in [6.07, 6.45) is 1.66. The van der Waals surface area contributed by atoms with Gasteiger partial charge in [-0.25, -0.2) is 0 Å². The van der Waals surface area contributed by atoms with Gasteiger partial charge >= 0.3 is 0 Å². The van der Waals surface area contributed by atoms with Gasteiger partial charge in [0.05, 0.1) is 4.99 Å². The molecule has 1 unspecified atom stereocenters. The number of nitrogens with one attached hydrogen (secondary N) is 1. The second-order valence-corrected chi connectivity index (χ2v) is 5.54. The first kappa shape index (κ1) is 10.5. The lowest BCUT2D eigenvalue weighted by molar-refractivity contribution is 0.617. The molecule has 10 heavy (non-hydrogen) atoms. The molecule has 0 aromatic carbocycles. The zero-order valence-corrected chi connectivity index (χ0v) is 8.23. The van der Waals surface area contributed by atoms with Crippen LogP contribution in [0.4, 0.5) is 0 Å². The molecule has 0 aromatic heterocycles. The van der Waals surface area contributed by atoms with Crippen LogP contribution in [-0.2, 0) is 11.8 Å². The van der Waals surface area contributed by atoms with Crippen molar-refractivity contribution in [1.82, 2.24) is 5.09 Å². The molecule has 0 heterocycles. The predicted molar refractivity (Wildman–Crippen MR) is 51.3 cm³/mol. The second-order valence-electron chi connectivity index (χ2n) is 1.91. The summed E-state index contributed by atoms with van der Waals surface area (Å²) in [5.41, 5.74) is 5.15. The summed E-state index contributed by atoms with van der Waals surface area (Å²) in [7, 11) is 0. The number of rotatable bonds is 3. The summed E-state index contributed by atoms with van der Waals surface area (Å²) in [6, 6.07) is 0. The molecule has 0 spiro atoms. The Hall–Kier alpha value is 0.460. The van der Waals surface area contributed by atoms with Gasteiger partial charge in [0.2, 0.25) is 6.57 Å². The normalized spacial score (nSPS) is 15.9. The minimum Gasteiger partial charge on any atom is -0.339 e. The Labute approximate surface area is 71.2 Å². The first-order chi connectivity index (χ1) is 4.45. The maximum Gasteiger partial charge on any atom is 0.218 e. The van der Waals surface area contributed by atoms with E-state index < -0.39 is 6.57 Å². The van der Waals surface area contributed by atoms with Crippen LogP contribution in [0.1, 0.15) is 19.8 Å². The summed E-state index contributed by atoms with van der Waals surface area (Å²) < 4.78 is 0. The van der Waals surface area contributed by atoms with Crippen molar-refractivity contribution >= 4 is 35.6 Å². The van der Waals surface area contributed by atoms with E-state index in [4.69, 9.17) is 22.6 Å². The highest BCUT2D eigenvalue weighted by molar-refractivity contribution is 8.10. The zero-order chi connectivity index (χ0) is 8.20. The SMILES string of the molecule is CCCC(=S)NP(N)(O)=S. The molecule has 0 amide bonds. The molecule has 0 aliphatic heterocycles. The zero-order valence-electron chi connectivity index (χ0n) is 5.70. The molecule has 6 heteroatoms. The fourth-order valence-corrected chi connectivity index (χ4v) is 2.06. The highest BCUT2D eigenvalue weighted by atomic mass is 32.4. The second kappa shape index (κ2) is 4.36. The van der Waals surface area contributed by atoms with Gasteiger partial charge in [0.1, 0.15) is 0 Å². The van der Waals surface area contributed by atoms with Crippen LogP contribution in [0.5, 0.6) is 0 Å². The molecule has 60 valence electrons. The summed E-state index contributed by atoms with van der Waals surface area (Å²) >= 11 is 9.33. The van der Waals surface area contributed by atoms with Crippen molar-refractivity contribution in [2.45, 2.75) is 19.8 Å². The van der Waals surface area contributed by atoms with Crippen molar-refractivity contribution in [1.29, 1.82) is 0 Å². The van der Waals surface area contributed by atoms with Crippen molar-refractivity contribution < 1.29 is 4.89 Å². The van der Waals surface area contributed by atoms with Crippen molar-refractivity contribution in [3.05, 3.63) is 0 Å². The van der Waals surface area contributed by atoms with Crippen LogP contribution in [0, 0.1) is 0 Å². The summed E-state index contributed by atoms with van der Waals surface area (Å²) in [6.45, 7) is -0.818. The van der Waals surface area contributed by atoms with Gasteiger partial charge in [0.15, 0.2) is 0 Å². The van der Waals surface area contributed by atoms with Crippen molar-refractivity contribution in [3.63, 3.8) is 0 Å². The number of hydrogen-bond donors (Lipinski definition) is 3. The lowest BCUT2D eigenvalue weighted by atomic mass is 10.3. The fourth-order valence-electron chi connectivity index (χ4n) is 0.462. The summed E-state index contributed by atoms with van der Waals surface area (Å²) in [5, 5.41) is 2.51. The third-order valence-corrected chi connectivity index (χ3v) is 2.08. The van der Waals surface area contributed by atoms with Gasteiger partial charge in [-0.2, -0.15) is 0 Å². The topological polar surface area (TPSA) is 58.3 Å². The highest BCUT2D eigenvalue weighted by Crippen LogP contribution is 2.23. The number of hydrogen-bond acceptors (Lipinski definition) is 2. The Balaban J connectivity index is 3.70. The molecule has 4 N–H and O–H groups in total. The van der Waals surface area contributed by atoms with E-state index in [-0.39, 0.29) is 0 Å². The van der Waals surface area contributed by atoms with Crippen LogP contribution in [0.25, 0.3) is 0 Å². The Kier molecular flexibility index (Phi) is 4.56. The molecule has 0 saturated carbocycles. The average Bonchev–Trinajstić information content (AvgIpc) is 1.59. The maximum absolute atomic E-state index is 8.92. The van der Waals surface area contributed by atoms with Gasteiger partial charge < -0.3 is 9.98 Å². The van der Waals surface area contributed by atoms with E-state index in [0.29, 0.717) is 4.99 Å². The van der Waals surface area contributed by atoms with Crippen molar-refractivity contribution in [2.75, 3.05) is 0 Å². The van der Waals surface area contributed by atoms with Gasteiger partial charge in [0, 0.05) is 0 Å². The summed E-state index contributed by atoms with van der Waals surface area (Å²) in [4.78, 5) is 9.47. The van der Waals surface area contributed by atoms with E-state index >= 15 is 0 Å². The first-order valence-electron chi connectivity index (χ1n) is 2.88. The molecular weight excluding hydrogens is 187 g/mol. The first-order valence-corrected chi connectivity index (χ1v) is 6.11. The van der Waals surface area contributed by atoms with Gasteiger partial charge in [-0.15, -0.1) is 0 Å². The van der Waals surface area contributed by atoms with Gasteiger partial charge in [-0.3, -0.25) is 5.50 Å². The molecule has 1 atom stereocenters. The maximum atomic E-state index is 8.92. The van der Waals surface area contributed by atoms with E-state index in [1.807, 2.05) is 6.92 Å². The smallest absolute Gasteiger partial charge is 0.218 e. The van der Waals surface area contributed by atoms with Crippen molar-refractivity contribution in [2.24, 2.45) is 5.50 Å². The third kappa shape index (κ3) is 6.58.